The van der Waals surface area contributed by atoms with Crippen molar-refractivity contribution in [1.82, 2.24) is 0 Å². The number of unbranched alkanes of at least 4 members (excludes halogenated alkanes) is 12. The van der Waals surface area contributed by atoms with E-state index in [1.807, 2.05) is 0 Å². The summed E-state index contributed by atoms with van der Waals surface area (Å²) in [6, 6.07) is 0. The summed E-state index contributed by atoms with van der Waals surface area (Å²) in [5, 5.41) is 0. The van der Waals surface area contributed by atoms with Crippen LogP contribution in [0.25, 0.3) is 0 Å². The standard InChI is InChI=1S/C18H37O3P/c1-2-3-4-5-6-7-8-9-10-11-12-13-14-15-16-17-18-22(19,20)21/h9-10H,2-8,11-18H2,1H3,(H2,19,20,21)/p-2/b10-9-. The topological polar surface area (TPSA) is 69.2 Å². The van der Waals surface area contributed by atoms with Crippen molar-refractivity contribution in [3.05, 3.63) is 12.2 Å². The number of rotatable bonds is 16. The summed E-state index contributed by atoms with van der Waals surface area (Å²) in [7, 11) is -4.26. The predicted octanol–water partition coefficient (Wildman–Crippen LogP) is 3.87. The van der Waals surface area contributed by atoms with Crippen molar-refractivity contribution in [3.63, 3.8) is 0 Å². The van der Waals surface area contributed by atoms with Gasteiger partial charge in [-0.05, 0) is 38.5 Å². The molecule has 0 aliphatic rings. The first-order valence-electron chi connectivity index (χ1n) is 9.22. The third kappa shape index (κ3) is 20.1. The summed E-state index contributed by atoms with van der Waals surface area (Å²) in [6.07, 6.45) is 21.0. The monoisotopic (exact) mass is 330 g/mol. The van der Waals surface area contributed by atoms with E-state index in [1.165, 1.54) is 57.8 Å². The molecule has 0 aromatic heterocycles. The van der Waals surface area contributed by atoms with E-state index in [0.717, 1.165) is 25.7 Å². The van der Waals surface area contributed by atoms with E-state index >= 15 is 0 Å². The molecule has 0 spiro atoms. The summed E-state index contributed by atoms with van der Waals surface area (Å²) >= 11 is 0. The van der Waals surface area contributed by atoms with Crippen LogP contribution in [-0.2, 0) is 0 Å². The second-order valence-corrected chi connectivity index (χ2v) is 7.94. The predicted molar refractivity (Wildman–Crippen MR) is 91.2 cm³/mol. The van der Waals surface area contributed by atoms with Crippen molar-refractivity contribution in [2.75, 3.05) is 6.16 Å². The molecule has 4 heteroatoms. The lowest BCUT2D eigenvalue weighted by atomic mass is 10.1. The van der Waals surface area contributed by atoms with Crippen LogP contribution in [0.3, 0.4) is 0 Å². The van der Waals surface area contributed by atoms with E-state index in [4.69, 9.17) is 0 Å². The van der Waals surface area contributed by atoms with Gasteiger partial charge in [-0.15, -0.1) is 0 Å². The Morgan fingerprint density at radius 3 is 1.45 bits per heavy atom. The minimum atomic E-state index is -4.26. The fraction of sp³-hybridized carbons (Fsp3) is 0.889. The zero-order valence-corrected chi connectivity index (χ0v) is 15.3. The van der Waals surface area contributed by atoms with Gasteiger partial charge in [0.15, 0.2) is 0 Å². The first kappa shape index (κ1) is 22.1. The van der Waals surface area contributed by atoms with Gasteiger partial charge in [-0.25, -0.2) is 0 Å². The Bertz CT molecular complexity index is 249. The zero-order chi connectivity index (χ0) is 16.5. The van der Waals surface area contributed by atoms with Crippen molar-refractivity contribution in [2.24, 2.45) is 0 Å². The Labute approximate surface area is 138 Å². The molecule has 0 unspecified atom stereocenters. The fourth-order valence-corrected chi connectivity index (χ4v) is 3.16. The number of hydrogen-bond donors (Lipinski definition) is 0. The van der Waals surface area contributed by atoms with Crippen molar-refractivity contribution >= 4 is 7.94 Å². The smallest absolute Gasteiger partial charge is 0.0425 e. The van der Waals surface area contributed by atoms with Gasteiger partial charge in [0.25, 0.3) is 0 Å². The molecular formula is C18H35O3P-2. The number of hydrogen-bond acceptors (Lipinski definition) is 3. The zero-order valence-electron chi connectivity index (χ0n) is 14.4. The highest BCUT2D eigenvalue weighted by Gasteiger charge is 1.97. The lowest BCUT2D eigenvalue weighted by Gasteiger charge is -2.42. The molecule has 0 aliphatic carbocycles. The van der Waals surface area contributed by atoms with Gasteiger partial charge in [-0.1, -0.05) is 70.4 Å². The highest BCUT2D eigenvalue weighted by molar-refractivity contribution is 7.54. The van der Waals surface area contributed by atoms with E-state index in [1.54, 1.807) is 0 Å². The average Bonchev–Trinajstić information content (AvgIpc) is 2.45. The second-order valence-electron chi connectivity index (χ2n) is 6.27. The molecule has 3 nitrogen and oxygen atoms in total. The molecule has 0 saturated carbocycles. The average molecular weight is 330 g/mol. The maximum Gasteiger partial charge on any atom is 0.0425 e. The molecule has 0 aliphatic heterocycles. The van der Waals surface area contributed by atoms with Crippen LogP contribution >= 0.6 is 7.94 Å². The molecule has 22 heavy (non-hydrogen) atoms. The number of allylic oxidation sites excluding steroid dienone is 2. The molecule has 0 amide bonds. The maximum absolute atomic E-state index is 10.4. The molecule has 0 aromatic carbocycles. The summed E-state index contributed by atoms with van der Waals surface area (Å²) in [5.74, 6) is 0. The van der Waals surface area contributed by atoms with Crippen molar-refractivity contribution in [2.45, 2.75) is 96.8 Å². The third-order valence-corrected chi connectivity index (χ3v) is 4.81. The summed E-state index contributed by atoms with van der Waals surface area (Å²) in [6.45, 7) is 2.25. The van der Waals surface area contributed by atoms with Crippen LogP contribution in [0.2, 0.25) is 0 Å². The van der Waals surface area contributed by atoms with Gasteiger partial charge in [0, 0.05) is 6.16 Å². The molecule has 0 aromatic rings. The highest BCUT2D eigenvalue weighted by atomic mass is 31.2. The Morgan fingerprint density at radius 2 is 1.00 bits per heavy atom. The van der Waals surface area contributed by atoms with E-state index in [0.29, 0.717) is 6.42 Å². The molecular weight excluding hydrogens is 295 g/mol. The first-order valence-corrected chi connectivity index (χ1v) is 10.9. The lowest BCUT2D eigenvalue weighted by molar-refractivity contribution is -0.427. The molecule has 0 N–H and O–H groups in total. The van der Waals surface area contributed by atoms with Gasteiger partial charge in [0.05, 0.1) is 0 Å². The van der Waals surface area contributed by atoms with E-state index < -0.39 is 7.94 Å². The van der Waals surface area contributed by atoms with Gasteiger partial charge in [-0.2, -0.15) is 7.94 Å². The van der Waals surface area contributed by atoms with Gasteiger partial charge in [-0.3, -0.25) is 0 Å². The largest absolute Gasteiger partial charge is 0.688 e. The molecule has 0 rings (SSSR count). The highest BCUT2D eigenvalue weighted by Crippen LogP contribution is 2.29. The fourth-order valence-electron chi connectivity index (χ4n) is 2.55. The summed E-state index contributed by atoms with van der Waals surface area (Å²) in [4.78, 5) is 31.3. The molecule has 132 valence electrons. The first-order chi connectivity index (χ1) is 10.6. The molecule has 0 radical (unpaired) electrons. The summed E-state index contributed by atoms with van der Waals surface area (Å²) in [5.41, 5.74) is 0. The van der Waals surface area contributed by atoms with E-state index in [2.05, 4.69) is 19.1 Å². The Kier molecular flexibility index (Phi) is 16.0. The van der Waals surface area contributed by atoms with Crippen LogP contribution in [0.15, 0.2) is 12.2 Å². The van der Waals surface area contributed by atoms with Gasteiger partial charge in [0.2, 0.25) is 0 Å². The molecule has 0 bridgehead atoms. The third-order valence-electron chi connectivity index (χ3n) is 3.94. The minimum absolute atomic E-state index is 0.172. The van der Waals surface area contributed by atoms with Crippen LogP contribution in [-0.4, -0.2) is 6.16 Å². The van der Waals surface area contributed by atoms with Crippen LogP contribution in [0.5, 0.6) is 0 Å². The van der Waals surface area contributed by atoms with Gasteiger partial charge >= 0.3 is 0 Å². The molecule has 0 saturated heterocycles. The lowest BCUT2D eigenvalue weighted by Crippen LogP contribution is -2.34. The van der Waals surface area contributed by atoms with Crippen LogP contribution in [0.1, 0.15) is 96.8 Å². The normalized spacial score (nSPS) is 12.4. The Balaban J connectivity index is 3.11. The van der Waals surface area contributed by atoms with Crippen molar-refractivity contribution in [1.29, 1.82) is 0 Å². The molecule has 0 fully saturated rings. The Morgan fingerprint density at radius 1 is 0.591 bits per heavy atom. The van der Waals surface area contributed by atoms with E-state index in [9.17, 15) is 14.7 Å². The van der Waals surface area contributed by atoms with Crippen molar-refractivity contribution < 1.29 is 14.7 Å². The summed E-state index contributed by atoms with van der Waals surface area (Å²) < 4.78 is 0. The van der Waals surface area contributed by atoms with Crippen LogP contribution in [0.4, 0.5) is 0 Å². The SMILES string of the molecule is CCCCCCCC/C=C\CCCCCCCC[P+]([O-])([O-])[O-]. The van der Waals surface area contributed by atoms with Crippen LogP contribution in [0, 0.1) is 0 Å². The van der Waals surface area contributed by atoms with Crippen LogP contribution < -0.4 is 14.7 Å². The maximum atomic E-state index is 10.4. The quantitative estimate of drug-likeness (QED) is 0.245. The Hall–Kier alpha value is 0.0500. The second kappa shape index (κ2) is 15.9. The van der Waals surface area contributed by atoms with Crippen molar-refractivity contribution in [3.8, 4) is 0 Å². The molecule has 0 atom stereocenters. The minimum Gasteiger partial charge on any atom is -0.688 e. The molecule has 0 heterocycles. The van der Waals surface area contributed by atoms with E-state index in [-0.39, 0.29) is 6.16 Å². The van der Waals surface area contributed by atoms with Gasteiger partial charge < -0.3 is 14.7 Å². The van der Waals surface area contributed by atoms with Gasteiger partial charge in [0.1, 0.15) is 0 Å².